The quantitative estimate of drug-likeness (QED) is 0.617. The summed E-state index contributed by atoms with van der Waals surface area (Å²) in [5, 5.41) is 10.7. The van der Waals surface area contributed by atoms with Gasteiger partial charge in [0.25, 0.3) is 5.69 Å². The molecule has 6 heteroatoms. The number of benzene rings is 1. The van der Waals surface area contributed by atoms with E-state index < -0.39 is 4.92 Å². The number of nitro benzene ring substituents is 1. The number of piperidine rings is 1. The highest BCUT2D eigenvalue weighted by Gasteiger charge is 2.31. The molecule has 23 heavy (non-hydrogen) atoms. The first kappa shape index (κ1) is 17.4. The van der Waals surface area contributed by atoms with E-state index >= 15 is 0 Å². The van der Waals surface area contributed by atoms with Crippen LogP contribution in [0.15, 0.2) is 24.3 Å². The third-order valence-electron chi connectivity index (χ3n) is 4.74. The van der Waals surface area contributed by atoms with Gasteiger partial charge in [0, 0.05) is 30.8 Å². The molecule has 0 aromatic heterocycles. The van der Waals surface area contributed by atoms with Gasteiger partial charge in [-0.25, -0.2) is 0 Å². The average molecular weight is 319 g/mol. The summed E-state index contributed by atoms with van der Waals surface area (Å²) in [7, 11) is 4.08. The second-order valence-electron chi connectivity index (χ2n) is 6.45. The smallest absolute Gasteiger partial charge is 0.269 e. The lowest BCUT2D eigenvalue weighted by atomic mass is 9.95. The van der Waals surface area contributed by atoms with E-state index in [1.807, 2.05) is 19.0 Å². The van der Waals surface area contributed by atoms with Gasteiger partial charge in [-0.15, -0.1) is 0 Å². The summed E-state index contributed by atoms with van der Waals surface area (Å²) in [5.41, 5.74) is 0.876. The van der Waals surface area contributed by atoms with Gasteiger partial charge in [-0.1, -0.05) is 12.1 Å². The summed E-state index contributed by atoms with van der Waals surface area (Å²) in [6.45, 7) is 2.96. The lowest BCUT2D eigenvalue weighted by Crippen LogP contribution is -2.53. The van der Waals surface area contributed by atoms with Crippen molar-refractivity contribution in [2.24, 2.45) is 0 Å². The number of hydrogen-bond donors (Lipinski definition) is 0. The first-order chi connectivity index (χ1) is 10.9. The molecule has 1 heterocycles. The molecule has 2 rings (SSSR count). The van der Waals surface area contributed by atoms with Crippen molar-refractivity contribution in [1.29, 1.82) is 0 Å². The molecule has 0 spiro atoms. The number of hydrogen-bond acceptors (Lipinski definition) is 4. The molecule has 0 radical (unpaired) electrons. The summed E-state index contributed by atoms with van der Waals surface area (Å²) in [6.07, 6.45) is 3.53. The van der Waals surface area contributed by atoms with Gasteiger partial charge in [0.1, 0.15) is 0 Å². The second-order valence-corrected chi connectivity index (χ2v) is 6.45. The Balaban J connectivity index is 2.06. The van der Waals surface area contributed by atoms with Gasteiger partial charge in [-0.2, -0.15) is 0 Å². The van der Waals surface area contributed by atoms with Crippen LogP contribution < -0.4 is 0 Å². The first-order valence-corrected chi connectivity index (χ1v) is 8.09. The molecule has 126 valence electrons. The van der Waals surface area contributed by atoms with Crippen molar-refractivity contribution in [3.63, 3.8) is 0 Å². The Morgan fingerprint density at radius 2 is 2.00 bits per heavy atom. The summed E-state index contributed by atoms with van der Waals surface area (Å²) in [6, 6.07) is 6.81. The minimum Gasteiger partial charge on any atom is -0.338 e. The van der Waals surface area contributed by atoms with Crippen molar-refractivity contribution in [2.45, 2.75) is 44.7 Å². The van der Waals surface area contributed by atoms with Crippen molar-refractivity contribution in [3.8, 4) is 0 Å². The molecule has 1 fully saturated rings. The van der Waals surface area contributed by atoms with Gasteiger partial charge in [0.05, 0.1) is 11.3 Å². The number of carbonyl (C=O) groups excluding carboxylic acids is 1. The highest BCUT2D eigenvalue weighted by Crippen LogP contribution is 2.23. The van der Waals surface area contributed by atoms with E-state index in [9.17, 15) is 14.9 Å². The Kier molecular flexibility index (Phi) is 5.71. The molecule has 1 amide bonds. The molecule has 1 aromatic rings. The van der Waals surface area contributed by atoms with Crippen LogP contribution in [-0.4, -0.2) is 53.4 Å². The number of nitrogens with zero attached hydrogens (tertiary/aromatic N) is 3. The maximum absolute atomic E-state index is 12.7. The molecule has 6 nitrogen and oxygen atoms in total. The van der Waals surface area contributed by atoms with Crippen LogP contribution in [0.5, 0.6) is 0 Å². The number of likely N-dealkylation sites (tertiary alicyclic amines) is 1. The largest absolute Gasteiger partial charge is 0.338 e. The molecule has 1 aliphatic rings. The Bertz CT molecular complexity index is 557. The lowest BCUT2D eigenvalue weighted by molar-refractivity contribution is -0.384. The fraction of sp³-hybridized carbons (Fsp3) is 0.588. The van der Waals surface area contributed by atoms with E-state index in [0.29, 0.717) is 12.5 Å². The third kappa shape index (κ3) is 4.28. The highest BCUT2D eigenvalue weighted by molar-refractivity contribution is 5.79. The van der Waals surface area contributed by atoms with Gasteiger partial charge in [0.15, 0.2) is 0 Å². The van der Waals surface area contributed by atoms with Crippen LogP contribution in [0.2, 0.25) is 0 Å². The van der Waals surface area contributed by atoms with E-state index in [2.05, 4.69) is 11.8 Å². The van der Waals surface area contributed by atoms with Crippen LogP contribution >= 0.6 is 0 Å². The van der Waals surface area contributed by atoms with E-state index in [-0.39, 0.29) is 17.6 Å². The van der Waals surface area contributed by atoms with E-state index in [1.54, 1.807) is 12.1 Å². The zero-order valence-electron chi connectivity index (χ0n) is 14.1. The third-order valence-corrected chi connectivity index (χ3v) is 4.74. The molecule has 2 atom stereocenters. The Morgan fingerprint density at radius 3 is 2.57 bits per heavy atom. The molecule has 0 aliphatic carbocycles. The van der Waals surface area contributed by atoms with Crippen LogP contribution in [-0.2, 0) is 11.2 Å². The number of nitro groups is 1. The molecular weight excluding hydrogens is 294 g/mol. The Labute approximate surface area is 137 Å². The fourth-order valence-corrected chi connectivity index (χ4v) is 3.12. The van der Waals surface area contributed by atoms with Gasteiger partial charge in [-0.3, -0.25) is 14.9 Å². The van der Waals surface area contributed by atoms with E-state index in [1.165, 1.54) is 12.1 Å². The SMILES string of the molecule is CC(C1CCCCN1C(=O)Cc1ccc([N+](=O)[O-])cc1)N(C)C. The highest BCUT2D eigenvalue weighted by atomic mass is 16.6. The van der Waals surface area contributed by atoms with Crippen molar-refractivity contribution in [1.82, 2.24) is 9.80 Å². The first-order valence-electron chi connectivity index (χ1n) is 8.09. The average Bonchev–Trinajstić information content (AvgIpc) is 2.54. The molecule has 1 aliphatic heterocycles. The predicted octanol–water partition coefficient (Wildman–Crippen LogP) is 2.47. The predicted molar refractivity (Wildman–Crippen MR) is 89.3 cm³/mol. The number of non-ortho nitro benzene ring substituents is 1. The Morgan fingerprint density at radius 1 is 1.35 bits per heavy atom. The maximum Gasteiger partial charge on any atom is 0.269 e. The molecule has 0 N–H and O–H groups in total. The van der Waals surface area contributed by atoms with Gasteiger partial charge >= 0.3 is 0 Å². The molecule has 0 bridgehead atoms. The van der Waals surface area contributed by atoms with E-state index in [4.69, 9.17) is 0 Å². The van der Waals surface area contributed by atoms with Crippen LogP contribution in [0.1, 0.15) is 31.7 Å². The number of carbonyl (C=O) groups is 1. The number of likely N-dealkylation sites (N-methyl/N-ethyl adjacent to an activating group) is 1. The van der Waals surface area contributed by atoms with Gasteiger partial charge in [0.2, 0.25) is 5.91 Å². The minimum atomic E-state index is -0.426. The van der Waals surface area contributed by atoms with Crippen LogP contribution in [0.4, 0.5) is 5.69 Å². The summed E-state index contributed by atoms with van der Waals surface area (Å²) in [5.74, 6) is 0.109. The monoisotopic (exact) mass is 319 g/mol. The summed E-state index contributed by atoms with van der Waals surface area (Å²) < 4.78 is 0. The fourth-order valence-electron chi connectivity index (χ4n) is 3.12. The normalized spacial score (nSPS) is 19.7. The number of rotatable bonds is 5. The van der Waals surface area contributed by atoms with E-state index in [0.717, 1.165) is 31.4 Å². The zero-order chi connectivity index (χ0) is 17.0. The molecule has 1 aromatic carbocycles. The maximum atomic E-state index is 12.7. The van der Waals surface area contributed by atoms with Gasteiger partial charge in [-0.05, 0) is 45.8 Å². The van der Waals surface area contributed by atoms with Crippen molar-refractivity contribution in [3.05, 3.63) is 39.9 Å². The standard InChI is InChI=1S/C17H25N3O3/c1-13(18(2)3)16-6-4-5-11-19(16)17(21)12-14-7-9-15(10-8-14)20(22)23/h7-10,13,16H,4-6,11-12H2,1-3H3. The summed E-state index contributed by atoms with van der Waals surface area (Å²) >= 11 is 0. The molecule has 2 unspecified atom stereocenters. The topological polar surface area (TPSA) is 66.7 Å². The van der Waals surface area contributed by atoms with Crippen molar-refractivity contribution >= 4 is 11.6 Å². The van der Waals surface area contributed by atoms with Crippen molar-refractivity contribution in [2.75, 3.05) is 20.6 Å². The minimum absolute atomic E-state index is 0.0540. The lowest BCUT2D eigenvalue weighted by Gasteiger charge is -2.41. The van der Waals surface area contributed by atoms with Crippen molar-refractivity contribution < 1.29 is 9.72 Å². The van der Waals surface area contributed by atoms with Crippen LogP contribution in [0.3, 0.4) is 0 Å². The zero-order valence-corrected chi connectivity index (χ0v) is 14.1. The van der Waals surface area contributed by atoms with Crippen LogP contribution in [0.25, 0.3) is 0 Å². The van der Waals surface area contributed by atoms with Crippen LogP contribution in [0, 0.1) is 10.1 Å². The molecular formula is C17H25N3O3. The molecule has 1 saturated heterocycles. The second kappa shape index (κ2) is 7.55. The molecule has 0 saturated carbocycles. The Hall–Kier alpha value is -1.95. The van der Waals surface area contributed by atoms with Gasteiger partial charge < -0.3 is 9.80 Å². The number of amides is 1. The summed E-state index contributed by atoms with van der Waals surface area (Å²) in [4.78, 5) is 27.1.